The number of hydrogen-bond acceptors (Lipinski definition) is 2. The predicted molar refractivity (Wildman–Crippen MR) is 81.6 cm³/mol. The van der Waals surface area contributed by atoms with Crippen LogP contribution in [0.2, 0.25) is 0 Å². The molecule has 0 fully saturated rings. The first-order valence-electron chi connectivity index (χ1n) is 6.69. The molecule has 0 aliphatic rings. The molecule has 1 rings (SSSR count). The van der Waals surface area contributed by atoms with E-state index in [2.05, 4.69) is 21.2 Å². The molecular formula is C15H20BrNO3. The molecule has 2 unspecified atom stereocenters. The lowest BCUT2D eigenvalue weighted by Gasteiger charge is -2.17. The summed E-state index contributed by atoms with van der Waals surface area (Å²) in [6.07, 6.45) is 0.942. The molecular weight excluding hydrogens is 322 g/mol. The number of carbonyl (C=O) groups is 2. The van der Waals surface area contributed by atoms with E-state index in [0.29, 0.717) is 12.8 Å². The number of halogens is 1. The maximum Gasteiger partial charge on any atom is 0.305 e. The van der Waals surface area contributed by atoms with Crippen molar-refractivity contribution >= 4 is 27.8 Å². The number of carbonyl (C=O) groups excluding carboxylic acids is 1. The lowest BCUT2D eigenvalue weighted by molar-refractivity contribution is -0.137. The van der Waals surface area contributed by atoms with Crippen molar-refractivity contribution in [1.82, 2.24) is 5.32 Å². The Kier molecular flexibility index (Phi) is 6.71. The van der Waals surface area contributed by atoms with Crippen molar-refractivity contribution in [1.29, 1.82) is 0 Å². The third-order valence-corrected chi connectivity index (χ3v) is 3.74. The fourth-order valence-electron chi connectivity index (χ4n) is 1.98. The molecule has 0 aliphatic heterocycles. The van der Waals surface area contributed by atoms with E-state index in [-0.39, 0.29) is 24.3 Å². The predicted octanol–water partition coefficient (Wildman–Crippen LogP) is 3.31. The van der Waals surface area contributed by atoms with E-state index in [0.717, 1.165) is 10.0 Å². The van der Waals surface area contributed by atoms with Gasteiger partial charge in [-0.3, -0.25) is 9.59 Å². The van der Waals surface area contributed by atoms with Gasteiger partial charge in [-0.1, -0.05) is 41.9 Å². The van der Waals surface area contributed by atoms with Crippen LogP contribution in [0.1, 0.15) is 44.6 Å². The van der Waals surface area contributed by atoms with Crippen LogP contribution in [-0.2, 0) is 9.59 Å². The quantitative estimate of drug-likeness (QED) is 0.799. The minimum absolute atomic E-state index is 0.0328. The van der Waals surface area contributed by atoms with Gasteiger partial charge in [0.05, 0.1) is 6.42 Å². The van der Waals surface area contributed by atoms with Gasteiger partial charge in [0.2, 0.25) is 5.91 Å². The van der Waals surface area contributed by atoms with E-state index in [1.807, 2.05) is 38.1 Å². The Hall–Kier alpha value is -1.36. The Labute approximate surface area is 127 Å². The zero-order valence-electron chi connectivity index (χ0n) is 11.7. The molecule has 0 bridgehead atoms. The number of nitrogens with one attached hydrogen (secondary N) is 1. The number of carboxylic acid groups (broad SMARTS) is 1. The summed E-state index contributed by atoms with van der Waals surface area (Å²) >= 11 is 3.38. The number of aliphatic carboxylic acids is 1. The highest BCUT2D eigenvalue weighted by atomic mass is 79.9. The van der Waals surface area contributed by atoms with Crippen LogP contribution < -0.4 is 5.32 Å². The number of amides is 1. The molecule has 1 amide bonds. The van der Waals surface area contributed by atoms with Crippen LogP contribution in [0.15, 0.2) is 28.7 Å². The van der Waals surface area contributed by atoms with Crippen LogP contribution in [0.3, 0.4) is 0 Å². The summed E-state index contributed by atoms with van der Waals surface area (Å²) in [6.45, 7) is 3.85. The fraction of sp³-hybridized carbons (Fsp3) is 0.467. The first-order chi connectivity index (χ1) is 9.42. The molecule has 0 radical (unpaired) electrons. The molecule has 0 aliphatic carbocycles. The number of hydrogen-bond donors (Lipinski definition) is 2. The third kappa shape index (κ3) is 5.74. The second-order valence-corrected chi connectivity index (χ2v) is 5.84. The lowest BCUT2D eigenvalue weighted by Crippen LogP contribution is -2.36. The van der Waals surface area contributed by atoms with E-state index >= 15 is 0 Å². The van der Waals surface area contributed by atoms with Gasteiger partial charge in [0.25, 0.3) is 0 Å². The van der Waals surface area contributed by atoms with E-state index in [1.54, 1.807) is 0 Å². The molecule has 2 atom stereocenters. The summed E-state index contributed by atoms with van der Waals surface area (Å²) in [5.41, 5.74) is 1.09. The Morgan fingerprint density at radius 3 is 2.35 bits per heavy atom. The van der Waals surface area contributed by atoms with Crippen molar-refractivity contribution in [3.8, 4) is 0 Å². The maximum atomic E-state index is 11.9. The zero-order chi connectivity index (χ0) is 15.1. The molecule has 1 aromatic carbocycles. The highest BCUT2D eigenvalue weighted by molar-refractivity contribution is 9.10. The highest BCUT2D eigenvalue weighted by Crippen LogP contribution is 2.21. The number of rotatable bonds is 7. The van der Waals surface area contributed by atoms with Gasteiger partial charge >= 0.3 is 5.97 Å². The average molecular weight is 342 g/mol. The molecule has 5 heteroatoms. The SMILES string of the molecule is CCC(CC(=O)O)NC(=O)CC(C)c1ccc(Br)cc1. The van der Waals surface area contributed by atoms with Gasteiger partial charge in [0.1, 0.15) is 0 Å². The smallest absolute Gasteiger partial charge is 0.305 e. The van der Waals surface area contributed by atoms with E-state index in [1.165, 1.54) is 0 Å². The summed E-state index contributed by atoms with van der Waals surface area (Å²) in [6, 6.07) is 7.57. The summed E-state index contributed by atoms with van der Waals surface area (Å²) in [4.78, 5) is 22.6. The van der Waals surface area contributed by atoms with E-state index < -0.39 is 5.97 Å². The standard InChI is InChI=1S/C15H20BrNO3/c1-3-13(9-15(19)20)17-14(18)8-10(2)11-4-6-12(16)7-5-11/h4-7,10,13H,3,8-9H2,1-2H3,(H,17,18)(H,19,20). The van der Waals surface area contributed by atoms with Crippen LogP contribution in [0.5, 0.6) is 0 Å². The molecule has 0 aromatic heterocycles. The molecule has 2 N–H and O–H groups in total. The normalized spacial score (nSPS) is 13.6. The van der Waals surface area contributed by atoms with Crippen molar-refractivity contribution in [2.75, 3.05) is 0 Å². The Morgan fingerprint density at radius 2 is 1.85 bits per heavy atom. The largest absolute Gasteiger partial charge is 0.481 e. The van der Waals surface area contributed by atoms with Gasteiger partial charge in [-0.15, -0.1) is 0 Å². The van der Waals surface area contributed by atoms with Crippen molar-refractivity contribution in [2.24, 2.45) is 0 Å². The fourth-order valence-corrected chi connectivity index (χ4v) is 2.25. The molecule has 0 saturated carbocycles. The van der Waals surface area contributed by atoms with Gasteiger partial charge in [-0.25, -0.2) is 0 Å². The molecule has 1 aromatic rings. The summed E-state index contributed by atoms with van der Waals surface area (Å²) in [5.74, 6) is -0.892. The topological polar surface area (TPSA) is 66.4 Å². The van der Waals surface area contributed by atoms with Crippen LogP contribution in [0.4, 0.5) is 0 Å². The van der Waals surface area contributed by atoms with Crippen molar-refractivity contribution in [3.63, 3.8) is 0 Å². The first kappa shape index (κ1) is 16.7. The molecule has 0 heterocycles. The molecule has 20 heavy (non-hydrogen) atoms. The van der Waals surface area contributed by atoms with Crippen LogP contribution >= 0.6 is 15.9 Å². The van der Waals surface area contributed by atoms with Crippen LogP contribution in [0.25, 0.3) is 0 Å². The molecule has 0 spiro atoms. The van der Waals surface area contributed by atoms with Gasteiger partial charge in [0, 0.05) is 16.9 Å². The number of carboxylic acids is 1. The second-order valence-electron chi connectivity index (χ2n) is 4.93. The van der Waals surface area contributed by atoms with Gasteiger partial charge in [0.15, 0.2) is 0 Å². The van der Waals surface area contributed by atoms with Crippen LogP contribution in [-0.4, -0.2) is 23.0 Å². The number of benzene rings is 1. The highest BCUT2D eigenvalue weighted by Gasteiger charge is 2.16. The second kappa shape index (κ2) is 8.04. The van der Waals surface area contributed by atoms with Gasteiger partial charge < -0.3 is 10.4 Å². The molecule has 4 nitrogen and oxygen atoms in total. The Bertz CT molecular complexity index is 459. The summed E-state index contributed by atoms with van der Waals surface area (Å²) in [7, 11) is 0. The molecule has 110 valence electrons. The van der Waals surface area contributed by atoms with E-state index in [9.17, 15) is 9.59 Å². The summed E-state index contributed by atoms with van der Waals surface area (Å²) in [5, 5.41) is 11.5. The molecule has 0 saturated heterocycles. The zero-order valence-corrected chi connectivity index (χ0v) is 13.3. The third-order valence-electron chi connectivity index (χ3n) is 3.21. The Morgan fingerprint density at radius 1 is 1.25 bits per heavy atom. The minimum Gasteiger partial charge on any atom is -0.481 e. The van der Waals surface area contributed by atoms with Crippen molar-refractivity contribution < 1.29 is 14.7 Å². The Balaban J connectivity index is 2.52. The lowest BCUT2D eigenvalue weighted by atomic mass is 9.97. The van der Waals surface area contributed by atoms with Crippen molar-refractivity contribution in [2.45, 2.75) is 45.1 Å². The minimum atomic E-state index is -0.891. The van der Waals surface area contributed by atoms with Crippen molar-refractivity contribution in [3.05, 3.63) is 34.3 Å². The maximum absolute atomic E-state index is 11.9. The first-order valence-corrected chi connectivity index (χ1v) is 7.48. The monoisotopic (exact) mass is 341 g/mol. The van der Waals surface area contributed by atoms with Gasteiger partial charge in [-0.2, -0.15) is 0 Å². The average Bonchev–Trinajstić information content (AvgIpc) is 2.37. The van der Waals surface area contributed by atoms with Gasteiger partial charge in [-0.05, 0) is 30.0 Å². The van der Waals surface area contributed by atoms with E-state index in [4.69, 9.17) is 5.11 Å². The summed E-state index contributed by atoms with van der Waals surface area (Å²) < 4.78 is 1.01. The van der Waals surface area contributed by atoms with Crippen LogP contribution in [0, 0.1) is 0 Å².